The van der Waals surface area contributed by atoms with Crippen LogP contribution in [0.5, 0.6) is 5.75 Å². The van der Waals surface area contributed by atoms with Crippen LogP contribution in [0.4, 0.5) is 5.69 Å². The largest absolute Gasteiger partial charge is 0.497 e. The van der Waals surface area contributed by atoms with Crippen LogP contribution in [-0.4, -0.2) is 45.7 Å². The molecule has 1 N–H and O–H groups in total. The molecular weight excluding hydrogens is 448 g/mol. The Morgan fingerprint density at radius 2 is 1.88 bits per heavy atom. The molecule has 1 aliphatic rings. The van der Waals surface area contributed by atoms with Crippen molar-refractivity contribution < 1.29 is 14.3 Å². The molecule has 1 saturated heterocycles. The molecular formula is C26H32N4O3S. The molecule has 0 radical (unpaired) electrons. The normalized spacial score (nSPS) is 16.6. The molecule has 180 valence electrons. The molecule has 4 rings (SSSR count). The fraction of sp³-hybridized carbons (Fsp3) is 0.423. The zero-order valence-corrected chi connectivity index (χ0v) is 21.0. The number of benzene rings is 2. The topological polar surface area (TPSA) is 78.3 Å². The van der Waals surface area contributed by atoms with E-state index in [2.05, 4.69) is 46.1 Å². The number of carbonyl (C=O) groups is 1. The van der Waals surface area contributed by atoms with Crippen molar-refractivity contribution >= 4 is 23.4 Å². The van der Waals surface area contributed by atoms with Crippen LogP contribution in [0.2, 0.25) is 0 Å². The van der Waals surface area contributed by atoms with E-state index in [4.69, 9.17) is 9.47 Å². The molecule has 34 heavy (non-hydrogen) atoms. The number of rotatable bonds is 9. The fourth-order valence-corrected chi connectivity index (χ4v) is 4.75. The van der Waals surface area contributed by atoms with Gasteiger partial charge in [-0.2, -0.15) is 0 Å². The van der Waals surface area contributed by atoms with Crippen LogP contribution < -0.4 is 10.1 Å². The lowest BCUT2D eigenvalue weighted by molar-refractivity contribution is -0.115. The fourth-order valence-electron chi connectivity index (χ4n) is 3.89. The van der Waals surface area contributed by atoms with Gasteiger partial charge in [-0.1, -0.05) is 37.7 Å². The van der Waals surface area contributed by atoms with Crippen molar-refractivity contribution in [1.82, 2.24) is 14.8 Å². The average Bonchev–Trinajstić information content (AvgIpc) is 3.50. The number of methoxy groups -OCH3 is 1. The van der Waals surface area contributed by atoms with Crippen molar-refractivity contribution in [2.75, 3.05) is 19.0 Å². The first kappa shape index (κ1) is 24.3. The molecule has 8 heteroatoms. The van der Waals surface area contributed by atoms with E-state index in [0.29, 0.717) is 17.6 Å². The minimum absolute atomic E-state index is 0.0695. The van der Waals surface area contributed by atoms with E-state index in [0.717, 1.165) is 42.3 Å². The molecule has 1 fully saturated rings. The standard InChI is InChI=1S/C26H32N4O3S/c1-17(2)19-7-11-21(12-8-19)27-25(31)18(3)34-26-29-28-24(20-9-13-22(32-4)14-10-20)30(26)16-23-6-5-15-33-23/h7-14,17-18,23H,5-6,15-16H2,1-4H3,(H,27,31)/t18-,23-/m1/s1. The summed E-state index contributed by atoms with van der Waals surface area (Å²) in [6.45, 7) is 7.63. The Kier molecular flexibility index (Phi) is 7.90. The molecule has 2 atom stereocenters. The minimum atomic E-state index is -0.346. The van der Waals surface area contributed by atoms with Crippen molar-refractivity contribution in [1.29, 1.82) is 0 Å². The van der Waals surface area contributed by atoms with Gasteiger partial charge < -0.3 is 14.8 Å². The summed E-state index contributed by atoms with van der Waals surface area (Å²) in [5, 5.41) is 12.3. The van der Waals surface area contributed by atoms with E-state index in [-0.39, 0.29) is 17.3 Å². The van der Waals surface area contributed by atoms with Crippen molar-refractivity contribution in [3.8, 4) is 17.1 Å². The quantitative estimate of drug-likeness (QED) is 0.415. The minimum Gasteiger partial charge on any atom is -0.497 e. The molecule has 0 saturated carbocycles. The summed E-state index contributed by atoms with van der Waals surface area (Å²) < 4.78 is 13.2. The van der Waals surface area contributed by atoms with E-state index in [1.54, 1.807) is 7.11 Å². The summed E-state index contributed by atoms with van der Waals surface area (Å²) in [5.41, 5.74) is 2.98. The first-order valence-corrected chi connectivity index (χ1v) is 12.6. The summed E-state index contributed by atoms with van der Waals surface area (Å²) >= 11 is 1.41. The van der Waals surface area contributed by atoms with Crippen molar-refractivity contribution in [2.45, 2.75) is 62.6 Å². The van der Waals surface area contributed by atoms with E-state index in [1.165, 1.54) is 17.3 Å². The maximum atomic E-state index is 12.9. The second-order valence-corrected chi connectivity index (χ2v) is 10.1. The lowest BCUT2D eigenvalue weighted by Gasteiger charge is -2.17. The van der Waals surface area contributed by atoms with E-state index < -0.39 is 0 Å². The van der Waals surface area contributed by atoms with Crippen LogP contribution in [0.15, 0.2) is 53.7 Å². The van der Waals surface area contributed by atoms with Crippen LogP contribution in [0, 0.1) is 0 Å². The number of amides is 1. The van der Waals surface area contributed by atoms with Crippen molar-refractivity contribution in [2.24, 2.45) is 0 Å². The number of thioether (sulfide) groups is 1. The van der Waals surface area contributed by atoms with Gasteiger partial charge in [0.15, 0.2) is 11.0 Å². The Hall–Kier alpha value is -2.84. The second kappa shape index (κ2) is 11.1. The number of aromatic nitrogens is 3. The van der Waals surface area contributed by atoms with Crippen molar-refractivity contribution in [3.05, 3.63) is 54.1 Å². The molecule has 7 nitrogen and oxygen atoms in total. The third kappa shape index (κ3) is 5.80. The highest BCUT2D eigenvalue weighted by Gasteiger charge is 2.24. The Balaban J connectivity index is 1.51. The Bertz CT molecular complexity index is 1090. The van der Waals surface area contributed by atoms with Gasteiger partial charge >= 0.3 is 0 Å². The Morgan fingerprint density at radius 3 is 2.50 bits per heavy atom. The summed E-state index contributed by atoms with van der Waals surface area (Å²) in [6, 6.07) is 15.8. The molecule has 1 aliphatic heterocycles. The smallest absolute Gasteiger partial charge is 0.237 e. The van der Waals surface area contributed by atoms with Gasteiger partial charge in [0.1, 0.15) is 5.75 Å². The molecule has 0 bridgehead atoms. The van der Waals surface area contributed by atoms with Gasteiger partial charge in [0.05, 0.1) is 25.0 Å². The summed E-state index contributed by atoms with van der Waals surface area (Å²) in [7, 11) is 1.65. The molecule has 1 amide bonds. The molecule has 3 aromatic rings. The monoisotopic (exact) mass is 480 g/mol. The number of anilines is 1. The van der Waals surface area contributed by atoms with Crippen molar-refractivity contribution in [3.63, 3.8) is 0 Å². The second-order valence-electron chi connectivity index (χ2n) is 8.81. The number of hydrogen-bond acceptors (Lipinski definition) is 6. The predicted octanol–water partition coefficient (Wildman–Crippen LogP) is 5.38. The van der Waals surface area contributed by atoms with Gasteiger partial charge in [-0.05, 0) is 67.6 Å². The highest BCUT2D eigenvalue weighted by atomic mass is 32.2. The van der Waals surface area contributed by atoms with Crippen LogP contribution >= 0.6 is 11.8 Å². The molecule has 2 heterocycles. The van der Waals surface area contributed by atoms with E-state index >= 15 is 0 Å². The molecule has 2 aromatic carbocycles. The SMILES string of the molecule is COc1ccc(-c2nnc(S[C@H](C)C(=O)Nc3ccc(C(C)C)cc3)n2C[C@H]2CCCO2)cc1. The third-order valence-corrected chi connectivity index (χ3v) is 7.05. The number of carbonyl (C=O) groups excluding carboxylic acids is 1. The van der Waals surface area contributed by atoms with Crippen LogP contribution in [0.25, 0.3) is 11.4 Å². The highest BCUT2D eigenvalue weighted by molar-refractivity contribution is 8.00. The lowest BCUT2D eigenvalue weighted by Crippen LogP contribution is -2.23. The summed E-state index contributed by atoms with van der Waals surface area (Å²) in [4.78, 5) is 12.9. The molecule has 1 aromatic heterocycles. The molecule has 0 unspecified atom stereocenters. The molecule has 0 spiro atoms. The lowest BCUT2D eigenvalue weighted by atomic mass is 10.0. The van der Waals surface area contributed by atoms with Gasteiger partial charge in [0, 0.05) is 17.9 Å². The number of nitrogens with one attached hydrogen (secondary N) is 1. The number of ether oxygens (including phenoxy) is 2. The van der Waals surface area contributed by atoms with E-state index in [1.807, 2.05) is 43.3 Å². The zero-order valence-electron chi connectivity index (χ0n) is 20.2. The van der Waals surface area contributed by atoms with Crippen LogP contribution in [-0.2, 0) is 16.1 Å². The predicted molar refractivity (Wildman–Crippen MR) is 135 cm³/mol. The third-order valence-electron chi connectivity index (χ3n) is 5.97. The molecule has 0 aliphatic carbocycles. The Labute approximate surface area is 205 Å². The van der Waals surface area contributed by atoms with E-state index in [9.17, 15) is 4.79 Å². The highest BCUT2D eigenvalue weighted by Crippen LogP contribution is 2.30. The first-order chi connectivity index (χ1) is 16.4. The van der Waals surface area contributed by atoms with Gasteiger partial charge in [0.2, 0.25) is 5.91 Å². The Morgan fingerprint density at radius 1 is 1.15 bits per heavy atom. The number of hydrogen-bond donors (Lipinski definition) is 1. The zero-order chi connectivity index (χ0) is 24.1. The van der Waals surface area contributed by atoms with Gasteiger partial charge in [-0.15, -0.1) is 10.2 Å². The van der Waals surface area contributed by atoms with Crippen LogP contribution in [0.3, 0.4) is 0 Å². The number of nitrogens with zero attached hydrogens (tertiary/aromatic N) is 3. The van der Waals surface area contributed by atoms with Gasteiger partial charge in [-0.3, -0.25) is 9.36 Å². The van der Waals surface area contributed by atoms with Gasteiger partial charge in [-0.25, -0.2) is 0 Å². The maximum Gasteiger partial charge on any atom is 0.237 e. The summed E-state index contributed by atoms with van der Waals surface area (Å²) in [6.07, 6.45) is 2.19. The average molecular weight is 481 g/mol. The maximum absolute atomic E-state index is 12.9. The first-order valence-electron chi connectivity index (χ1n) is 11.7. The summed E-state index contributed by atoms with van der Waals surface area (Å²) in [5.74, 6) is 1.93. The van der Waals surface area contributed by atoms with Crippen LogP contribution in [0.1, 0.15) is 45.1 Å². The van der Waals surface area contributed by atoms with Gasteiger partial charge in [0.25, 0.3) is 0 Å².